The number of benzene rings is 1. The predicted molar refractivity (Wildman–Crippen MR) is 95.5 cm³/mol. The van der Waals surface area contributed by atoms with Crippen LogP contribution in [0.25, 0.3) is 5.57 Å². The fourth-order valence-corrected chi connectivity index (χ4v) is 3.07. The summed E-state index contributed by atoms with van der Waals surface area (Å²) in [5, 5.41) is 18.9. The SMILES string of the molecule is CCCCC(CC)CC(=C(C#N)C(=O)O)c1ccc2c(c1)OCCO2. The van der Waals surface area contributed by atoms with Crippen LogP contribution in [0.1, 0.15) is 51.5 Å². The Labute approximate surface area is 148 Å². The summed E-state index contributed by atoms with van der Waals surface area (Å²) in [6.07, 6.45) is 4.75. The first-order valence-electron chi connectivity index (χ1n) is 8.87. The molecule has 1 atom stereocenters. The van der Waals surface area contributed by atoms with Gasteiger partial charge in [-0.1, -0.05) is 45.6 Å². The average molecular weight is 343 g/mol. The van der Waals surface area contributed by atoms with Crippen LogP contribution < -0.4 is 9.47 Å². The van der Waals surface area contributed by atoms with Crippen molar-refractivity contribution in [3.8, 4) is 17.6 Å². The van der Waals surface area contributed by atoms with Crippen LogP contribution in [0, 0.1) is 17.2 Å². The molecule has 0 saturated carbocycles. The molecule has 1 unspecified atom stereocenters. The molecule has 0 amide bonds. The van der Waals surface area contributed by atoms with Crippen molar-refractivity contribution < 1.29 is 19.4 Å². The molecule has 2 rings (SSSR count). The molecule has 5 heteroatoms. The second kappa shape index (κ2) is 9.12. The summed E-state index contributed by atoms with van der Waals surface area (Å²) in [5.41, 5.74) is 1.11. The largest absolute Gasteiger partial charge is 0.486 e. The van der Waals surface area contributed by atoms with E-state index >= 15 is 0 Å². The average Bonchev–Trinajstić information content (AvgIpc) is 2.63. The molecule has 0 fully saturated rings. The maximum Gasteiger partial charge on any atom is 0.346 e. The maximum atomic E-state index is 11.6. The Morgan fingerprint density at radius 3 is 2.60 bits per heavy atom. The lowest BCUT2D eigenvalue weighted by Gasteiger charge is -2.21. The molecule has 134 valence electrons. The Balaban J connectivity index is 2.41. The van der Waals surface area contributed by atoms with Crippen molar-refractivity contribution in [3.63, 3.8) is 0 Å². The van der Waals surface area contributed by atoms with Crippen molar-refractivity contribution >= 4 is 11.5 Å². The van der Waals surface area contributed by atoms with E-state index in [0.29, 0.717) is 42.6 Å². The minimum Gasteiger partial charge on any atom is -0.486 e. The van der Waals surface area contributed by atoms with Gasteiger partial charge in [0.25, 0.3) is 0 Å². The van der Waals surface area contributed by atoms with Crippen LogP contribution in [-0.4, -0.2) is 24.3 Å². The highest BCUT2D eigenvalue weighted by Crippen LogP contribution is 2.37. The van der Waals surface area contributed by atoms with Gasteiger partial charge in [-0.15, -0.1) is 0 Å². The highest BCUT2D eigenvalue weighted by Gasteiger charge is 2.21. The highest BCUT2D eigenvalue weighted by molar-refractivity contribution is 6.00. The molecule has 1 aliphatic rings. The van der Waals surface area contributed by atoms with E-state index in [4.69, 9.17) is 9.47 Å². The van der Waals surface area contributed by atoms with Gasteiger partial charge in [-0.2, -0.15) is 5.26 Å². The molecule has 0 spiro atoms. The fourth-order valence-electron chi connectivity index (χ4n) is 3.07. The lowest BCUT2D eigenvalue weighted by atomic mass is 9.86. The summed E-state index contributed by atoms with van der Waals surface area (Å²) >= 11 is 0. The maximum absolute atomic E-state index is 11.6. The van der Waals surface area contributed by atoms with Crippen molar-refractivity contribution in [2.75, 3.05) is 13.2 Å². The van der Waals surface area contributed by atoms with Gasteiger partial charge < -0.3 is 14.6 Å². The summed E-state index contributed by atoms with van der Waals surface area (Å²) in [5.74, 6) is 0.426. The Morgan fingerprint density at radius 2 is 2.00 bits per heavy atom. The predicted octanol–water partition coefficient (Wildman–Crippen LogP) is 4.43. The zero-order chi connectivity index (χ0) is 18.2. The number of hydrogen-bond donors (Lipinski definition) is 1. The van der Waals surface area contributed by atoms with Crippen molar-refractivity contribution in [1.29, 1.82) is 5.26 Å². The second-order valence-electron chi connectivity index (χ2n) is 6.25. The molecule has 0 aliphatic carbocycles. The zero-order valence-electron chi connectivity index (χ0n) is 14.9. The molecule has 0 saturated heterocycles. The third-order valence-corrected chi connectivity index (χ3v) is 4.55. The van der Waals surface area contributed by atoms with E-state index < -0.39 is 5.97 Å². The molecule has 25 heavy (non-hydrogen) atoms. The Bertz CT molecular complexity index is 687. The fraction of sp³-hybridized carbons (Fsp3) is 0.500. The summed E-state index contributed by atoms with van der Waals surface area (Å²) in [7, 11) is 0. The zero-order valence-corrected chi connectivity index (χ0v) is 14.9. The van der Waals surface area contributed by atoms with E-state index in [9.17, 15) is 15.2 Å². The van der Waals surface area contributed by atoms with Gasteiger partial charge in [-0.05, 0) is 35.6 Å². The highest BCUT2D eigenvalue weighted by atomic mass is 16.6. The Hall–Kier alpha value is -2.48. The van der Waals surface area contributed by atoms with Crippen LogP contribution in [0.4, 0.5) is 0 Å². The summed E-state index contributed by atoms with van der Waals surface area (Å²) in [4.78, 5) is 11.6. The first-order chi connectivity index (χ1) is 12.1. The lowest BCUT2D eigenvalue weighted by Crippen LogP contribution is -2.15. The van der Waals surface area contributed by atoms with Gasteiger partial charge in [0, 0.05) is 0 Å². The number of carboxylic acid groups (broad SMARTS) is 1. The van der Waals surface area contributed by atoms with E-state index in [-0.39, 0.29) is 5.57 Å². The van der Waals surface area contributed by atoms with Crippen LogP contribution in [0.2, 0.25) is 0 Å². The van der Waals surface area contributed by atoms with E-state index in [1.54, 1.807) is 12.1 Å². The normalized spacial score (nSPS) is 15.1. The van der Waals surface area contributed by atoms with Crippen LogP contribution in [0.5, 0.6) is 11.5 Å². The van der Waals surface area contributed by atoms with Crippen LogP contribution in [0.3, 0.4) is 0 Å². The van der Waals surface area contributed by atoms with Crippen molar-refractivity contribution in [2.45, 2.75) is 46.0 Å². The molecule has 0 bridgehead atoms. The number of nitrogens with zero attached hydrogens (tertiary/aromatic N) is 1. The number of allylic oxidation sites excluding steroid dienone is 1. The number of carbonyl (C=O) groups is 1. The molecule has 1 aromatic rings. The number of fused-ring (bicyclic) bond motifs is 1. The number of carboxylic acids is 1. The first-order valence-corrected chi connectivity index (χ1v) is 8.87. The molecule has 0 aromatic heterocycles. The van der Waals surface area contributed by atoms with Gasteiger partial charge in [0.05, 0.1) is 0 Å². The number of ether oxygens (including phenoxy) is 2. The van der Waals surface area contributed by atoms with Crippen molar-refractivity contribution in [3.05, 3.63) is 29.3 Å². The van der Waals surface area contributed by atoms with Crippen molar-refractivity contribution in [1.82, 2.24) is 0 Å². The molecule has 1 aromatic carbocycles. The van der Waals surface area contributed by atoms with Gasteiger partial charge in [0.15, 0.2) is 11.5 Å². The number of hydrogen-bond acceptors (Lipinski definition) is 4. The summed E-state index contributed by atoms with van der Waals surface area (Å²) in [6.45, 7) is 5.22. The van der Waals surface area contributed by atoms with Gasteiger partial charge in [-0.25, -0.2) is 4.79 Å². The number of unbranched alkanes of at least 4 members (excludes halogenated alkanes) is 1. The third kappa shape index (κ3) is 4.76. The monoisotopic (exact) mass is 343 g/mol. The van der Waals surface area contributed by atoms with E-state index in [0.717, 1.165) is 31.2 Å². The van der Waals surface area contributed by atoms with Gasteiger partial charge in [-0.3, -0.25) is 0 Å². The molecule has 1 aliphatic heterocycles. The lowest BCUT2D eigenvalue weighted by molar-refractivity contribution is -0.132. The topological polar surface area (TPSA) is 79.6 Å². The smallest absolute Gasteiger partial charge is 0.346 e. The van der Waals surface area contributed by atoms with Crippen molar-refractivity contribution in [2.24, 2.45) is 5.92 Å². The standard InChI is InChI=1S/C20H25NO4/c1-3-5-6-14(4-2)11-16(17(13-21)20(22)23)15-7-8-18-19(12-15)25-10-9-24-18/h7-8,12,14H,3-6,9-11H2,1-2H3,(H,22,23). The second-order valence-corrected chi connectivity index (χ2v) is 6.25. The van der Waals surface area contributed by atoms with E-state index in [2.05, 4.69) is 13.8 Å². The van der Waals surface area contributed by atoms with Crippen LogP contribution in [-0.2, 0) is 4.79 Å². The van der Waals surface area contributed by atoms with Gasteiger partial charge in [0.1, 0.15) is 24.9 Å². The number of rotatable bonds is 8. The minimum absolute atomic E-state index is 0.188. The molecule has 5 nitrogen and oxygen atoms in total. The molecule has 0 radical (unpaired) electrons. The molecular formula is C20H25NO4. The quantitative estimate of drug-likeness (QED) is 0.558. The van der Waals surface area contributed by atoms with E-state index in [1.807, 2.05) is 12.1 Å². The molecule has 1 heterocycles. The van der Waals surface area contributed by atoms with Crippen LogP contribution in [0.15, 0.2) is 23.8 Å². The summed E-state index contributed by atoms with van der Waals surface area (Å²) < 4.78 is 11.1. The van der Waals surface area contributed by atoms with E-state index in [1.165, 1.54) is 0 Å². The Kier molecular flexibility index (Phi) is 6.88. The molecular weight excluding hydrogens is 318 g/mol. The van der Waals surface area contributed by atoms with Gasteiger partial charge in [0.2, 0.25) is 0 Å². The molecule has 1 N–H and O–H groups in total. The van der Waals surface area contributed by atoms with Gasteiger partial charge >= 0.3 is 5.97 Å². The number of aliphatic carboxylic acids is 1. The number of nitriles is 1. The first kappa shape index (κ1) is 18.9. The third-order valence-electron chi connectivity index (χ3n) is 4.55. The Morgan fingerprint density at radius 1 is 1.28 bits per heavy atom. The minimum atomic E-state index is -1.18. The van der Waals surface area contributed by atoms with Crippen LogP contribution >= 0.6 is 0 Å². The summed E-state index contributed by atoms with van der Waals surface area (Å²) in [6, 6.07) is 7.26.